The molecule has 0 heterocycles. The molecule has 0 aliphatic carbocycles. The Balaban J connectivity index is 3.74. The molecule has 1 amide bonds. The van der Waals surface area contributed by atoms with Gasteiger partial charge >= 0.3 is 0 Å². The highest BCUT2D eigenvalue weighted by atomic mass is 16.3. The van der Waals surface area contributed by atoms with Gasteiger partial charge in [-0.25, -0.2) is 0 Å². The molecule has 0 aliphatic heterocycles. The van der Waals surface area contributed by atoms with E-state index in [9.17, 15) is 15.0 Å². The lowest BCUT2D eigenvalue weighted by Crippen LogP contribution is -2.45. The van der Waals surface area contributed by atoms with E-state index in [1.165, 1.54) is 0 Å². The van der Waals surface area contributed by atoms with Gasteiger partial charge in [0.15, 0.2) is 0 Å². The van der Waals surface area contributed by atoms with E-state index < -0.39 is 12.1 Å². The van der Waals surface area contributed by atoms with E-state index in [1.54, 1.807) is 0 Å². The number of unbranched alkanes of at least 4 members (excludes halogenated alkanes) is 3. The third kappa shape index (κ3) is 30.5. The average Bonchev–Trinajstić information content (AvgIpc) is 3.02. The highest BCUT2D eigenvalue weighted by Crippen LogP contribution is 2.08. The number of carbonyl (C=O) groups is 1. The van der Waals surface area contributed by atoms with Crippen molar-refractivity contribution in [2.24, 2.45) is 0 Å². The van der Waals surface area contributed by atoms with E-state index in [0.717, 1.165) is 89.9 Å². The van der Waals surface area contributed by atoms with Crippen LogP contribution in [0.1, 0.15) is 117 Å². The molecule has 2 unspecified atom stereocenters. The zero-order valence-corrected chi connectivity index (χ0v) is 27.9. The van der Waals surface area contributed by atoms with Crippen molar-refractivity contribution < 1.29 is 15.0 Å². The Kier molecular flexibility index (Phi) is 32.2. The van der Waals surface area contributed by atoms with Crippen LogP contribution >= 0.6 is 0 Å². The summed E-state index contributed by atoms with van der Waals surface area (Å²) < 4.78 is 0. The number of carbonyl (C=O) groups excluding carboxylic acids is 1. The first-order chi connectivity index (χ1) is 21.7. The van der Waals surface area contributed by atoms with Crippen molar-refractivity contribution in [3.05, 3.63) is 109 Å². The largest absolute Gasteiger partial charge is 0.394 e. The molecule has 44 heavy (non-hydrogen) atoms. The van der Waals surface area contributed by atoms with Crippen molar-refractivity contribution in [2.75, 3.05) is 6.61 Å². The topological polar surface area (TPSA) is 69.6 Å². The summed E-state index contributed by atoms with van der Waals surface area (Å²) >= 11 is 0. The molecule has 0 fully saturated rings. The van der Waals surface area contributed by atoms with E-state index in [2.05, 4.69) is 129 Å². The molecule has 0 rings (SSSR count). The van der Waals surface area contributed by atoms with Crippen LogP contribution in [-0.2, 0) is 4.79 Å². The lowest BCUT2D eigenvalue weighted by molar-refractivity contribution is -0.123. The lowest BCUT2D eigenvalue weighted by Gasteiger charge is -2.22. The summed E-state index contributed by atoms with van der Waals surface area (Å²) in [5, 5.41) is 22.4. The molecule has 246 valence electrons. The second-order valence-electron chi connectivity index (χ2n) is 10.8. The molecule has 0 saturated carbocycles. The number of allylic oxidation sites excluding steroid dienone is 18. The van der Waals surface area contributed by atoms with E-state index in [4.69, 9.17) is 0 Å². The summed E-state index contributed by atoms with van der Waals surface area (Å²) in [6.07, 6.45) is 53.5. The summed E-state index contributed by atoms with van der Waals surface area (Å²) in [5.41, 5.74) is 0. The fourth-order valence-electron chi connectivity index (χ4n) is 4.18. The molecule has 0 aliphatic rings. The molecular weight excluding hydrogens is 542 g/mol. The van der Waals surface area contributed by atoms with Crippen LogP contribution < -0.4 is 5.32 Å². The maximum Gasteiger partial charge on any atom is 0.220 e. The van der Waals surface area contributed by atoms with Crippen molar-refractivity contribution in [1.82, 2.24) is 5.32 Å². The molecule has 0 spiro atoms. The van der Waals surface area contributed by atoms with Gasteiger partial charge in [0.05, 0.1) is 18.8 Å². The normalized spacial score (nSPS) is 14.5. The van der Waals surface area contributed by atoms with Crippen LogP contribution in [0.2, 0.25) is 0 Å². The third-order valence-corrected chi connectivity index (χ3v) is 6.80. The fourth-order valence-corrected chi connectivity index (χ4v) is 4.18. The van der Waals surface area contributed by atoms with Gasteiger partial charge < -0.3 is 15.5 Å². The van der Waals surface area contributed by atoms with Gasteiger partial charge in [-0.15, -0.1) is 0 Å². The Morgan fingerprint density at radius 3 is 1.32 bits per heavy atom. The SMILES string of the molecule is CC/C=C\C/C=C\C/C=C\C/C=C\C/C=C\C/C=C\C/C=C\C/C=C\C/C=C\CCCC(=O)NC(CO)C(O)CCCCC. The highest BCUT2D eigenvalue weighted by molar-refractivity contribution is 5.76. The minimum absolute atomic E-state index is 0.109. The van der Waals surface area contributed by atoms with Crippen LogP contribution in [0.3, 0.4) is 0 Å². The van der Waals surface area contributed by atoms with Crippen LogP contribution in [0.25, 0.3) is 0 Å². The number of hydrogen-bond donors (Lipinski definition) is 3. The number of rotatable bonds is 28. The summed E-state index contributed by atoms with van der Waals surface area (Å²) in [6.45, 7) is 4.03. The van der Waals surface area contributed by atoms with Crippen molar-refractivity contribution in [2.45, 2.75) is 129 Å². The van der Waals surface area contributed by atoms with E-state index in [0.29, 0.717) is 12.8 Å². The van der Waals surface area contributed by atoms with Gasteiger partial charge in [0.25, 0.3) is 0 Å². The minimum atomic E-state index is -0.686. The number of nitrogens with one attached hydrogen (secondary N) is 1. The molecular formula is C40H63NO3. The van der Waals surface area contributed by atoms with Crippen LogP contribution in [0.15, 0.2) is 109 Å². The van der Waals surface area contributed by atoms with Gasteiger partial charge in [0.2, 0.25) is 5.91 Å². The third-order valence-electron chi connectivity index (χ3n) is 6.80. The Bertz CT molecular complexity index is 917. The molecule has 3 N–H and O–H groups in total. The fraction of sp³-hybridized carbons (Fsp3) is 0.525. The van der Waals surface area contributed by atoms with E-state index >= 15 is 0 Å². The summed E-state index contributed by atoms with van der Waals surface area (Å²) in [6, 6.07) is -0.570. The Labute approximate surface area is 270 Å². The molecule has 0 aromatic heterocycles. The smallest absolute Gasteiger partial charge is 0.220 e. The first-order valence-corrected chi connectivity index (χ1v) is 17.1. The van der Waals surface area contributed by atoms with Gasteiger partial charge in [-0.2, -0.15) is 0 Å². The molecule has 0 saturated heterocycles. The number of hydrogen-bond acceptors (Lipinski definition) is 3. The van der Waals surface area contributed by atoms with Crippen LogP contribution in [0, 0.1) is 0 Å². The van der Waals surface area contributed by atoms with Gasteiger partial charge in [0.1, 0.15) is 0 Å². The molecule has 0 radical (unpaired) electrons. The zero-order valence-electron chi connectivity index (χ0n) is 27.9. The van der Waals surface area contributed by atoms with Gasteiger partial charge in [0, 0.05) is 6.42 Å². The second kappa shape index (κ2) is 34.5. The Morgan fingerprint density at radius 1 is 0.568 bits per heavy atom. The molecule has 0 aromatic rings. The zero-order chi connectivity index (χ0) is 32.2. The van der Waals surface area contributed by atoms with Crippen molar-refractivity contribution in [3.63, 3.8) is 0 Å². The lowest BCUT2D eigenvalue weighted by atomic mass is 10.0. The maximum absolute atomic E-state index is 12.1. The second-order valence-corrected chi connectivity index (χ2v) is 10.8. The predicted octanol–water partition coefficient (Wildman–Crippen LogP) is 10.1. The maximum atomic E-state index is 12.1. The number of amides is 1. The first-order valence-electron chi connectivity index (χ1n) is 17.1. The molecule has 0 aromatic carbocycles. The molecule has 0 bridgehead atoms. The van der Waals surface area contributed by atoms with Gasteiger partial charge in [-0.3, -0.25) is 4.79 Å². The molecule has 2 atom stereocenters. The molecule has 4 heteroatoms. The summed E-state index contributed by atoms with van der Waals surface area (Å²) in [5.74, 6) is -0.109. The minimum Gasteiger partial charge on any atom is -0.394 e. The van der Waals surface area contributed by atoms with Crippen LogP contribution in [-0.4, -0.2) is 34.9 Å². The summed E-state index contributed by atoms with van der Waals surface area (Å²) in [7, 11) is 0. The van der Waals surface area contributed by atoms with Gasteiger partial charge in [-0.1, -0.05) is 142 Å². The van der Waals surface area contributed by atoms with Crippen molar-refractivity contribution >= 4 is 5.91 Å². The predicted molar refractivity (Wildman–Crippen MR) is 193 cm³/mol. The van der Waals surface area contributed by atoms with E-state index in [1.807, 2.05) is 0 Å². The quantitative estimate of drug-likeness (QED) is 0.0614. The Hall–Kier alpha value is -2.95. The monoisotopic (exact) mass is 605 g/mol. The standard InChI is InChI=1S/C40H63NO3/c1-3-5-7-8-9-10-11-12-13-14-15-16-17-18-19-20-21-22-23-24-25-26-27-28-29-30-31-32-34-36-40(44)41-38(37-42)39(43)35-33-6-4-2/h5,7,9-10,12-13,15-16,18-19,21-22,24-25,27-28,30-31,38-39,42-43H,3-4,6,8,11,14,17,20,23,26,29,32-37H2,1-2H3,(H,41,44)/b7-5-,10-9-,13-12-,16-15-,19-18-,22-21-,25-24-,28-27-,31-30-. The average molecular weight is 606 g/mol. The number of aliphatic hydroxyl groups is 2. The van der Waals surface area contributed by atoms with Gasteiger partial charge in [-0.05, 0) is 77.0 Å². The van der Waals surface area contributed by atoms with Crippen molar-refractivity contribution in [3.8, 4) is 0 Å². The van der Waals surface area contributed by atoms with Crippen LogP contribution in [0.4, 0.5) is 0 Å². The highest BCUT2D eigenvalue weighted by Gasteiger charge is 2.19. The summed E-state index contributed by atoms with van der Waals surface area (Å²) in [4.78, 5) is 12.1. The molecule has 4 nitrogen and oxygen atoms in total. The van der Waals surface area contributed by atoms with Crippen LogP contribution in [0.5, 0.6) is 0 Å². The number of aliphatic hydroxyl groups excluding tert-OH is 2. The first kappa shape index (κ1) is 41.0. The Morgan fingerprint density at radius 2 is 0.955 bits per heavy atom. The van der Waals surface area contributed by atoms with Crippen molar-refractivity contribution in [1.29, 1.82) is 0 Å². The van der Waals surface area contributed by atoms with E-state index in [-0.39, 0.29) is 12.5 Å².